The molecule has 0 bridgehead atoms. The molecule has 2 rings (SSSR count). The first-order valence-electron chi connectivity index (χ1n) is 6.10. The van der Waals surface area contributed by atoms with Crippen molar-refractivity contribution in [3.8, 4) is 0 Å². The molecule has 2 N–H and O–H groups in total. The molecule has 0 aromatic heterocycles. The van der Waals surface area contributed by atoms with Crippen molar-refractivity contribution in [2.24, 2.45) is 11.1 Å². The maximum absolute atomic E-state index is 6.14. The van der Waals surface area contributed by atoms with Gasteiger partial charge in [-0.3, -0.25) is 0 Å². The first kappa shape index (κ1) is 11.7. The summed E-state index contributed by atoms with van der Waals surface area (Å²) in [5.41, 5.74) is 9.44. The highest BCUT2D eigenvalue weighted by Crippen LogP contribution is 2.57. The van der Waals surface area contributed by atoms with Gasteiger partial charge in [0.05, 0.1) is 0 Å². The van der Waals surface area contributed by atoms with Crippen molar-refractivity contribution >= 4 is 0 Å². The van der Waals surface area contributed by atoms with Gasteiger partial charge in [0.1, 0.15) is 0 Å². The van der Waals surface area contributed by atoms with Crippen molar-refractivity contribution in [3.63, 3.8) is 0 Å². The summed E-state index contributed by atoms with van der Waals surface area (Å²) in [5, 5.41) is 0. The van der Waals surface area contributed by atoms with Crippen molar-refractivity contribution in [1.29, 1.82) is 0 Å². The van der Waals surface area contributed by atoms with Crippen LogP contribution in [0.15, 0.2) is 24.3 Å². The predicted molar refractivity (Wildman–Crippen MR) is 69.6 cm³/mol. The fraction of sp³-hybridized carbons (Fsp3) is 0.600. The highest BCUT2D eigenvalue weighted by atomic mass is 14.8. The summed E-state index contributed by atoms with van der Waals surface area (Å²) in [5.74, 6) is 0.537. The first-order valence-corrected chi connectivity index (χ1v) is 6.10. The minimum atomic E-state index is 0.221. The molecular formula is C15H23N. The zero-order chi connectivity index (χ0) is 12.1. The Hall–Kier alpha value is -0.820. The number of nitrogens with two attached hydrogens (primary N) is 1. The van der Waals surface area contributed by atoms with Crippen LogP contribution in [0.3, 0.4) is 0 Å². The third-order valence-electron chi connectivity index (χ3n) is 4.02. The van der Waals surface area contributed by atoms with Crippen LogP contribution in [-0.2, 0) is 5.41 Å². The maximum Gasteiger partial charge on any atom is 0.0172 e. The van der Waals surface area contributed by atoms with Crippen LogP contribution in [0.4, 0.5) is 0 Å². The van der Waals surface area contributed by atoms with Gasteiger partial charge in [0.25, 0.3) is 0 Å². The molecule has 1 aromatic rings. The van der Waals surface area contributed by atoms with E-state index in [2.05, 4.69) is 58.9 Å². The molecule has 1 aliphatic rings. The van der Waals surface area contributed by atoms with Gasteiger partial charge in [-0.2, -0.15) is 0 Å². The van der Waals surface area contributed by atoms with Crippen molar-refractivity contribution < 1.29 is 0 Å². The highest BCUT2D eigenvalue weighted by molar-refractivity contribution is 5.38. The van der Waals surface area contributed by atoms with Crippen molar-refractivity contribution in [1.82, 2.24) is 0 Å². The quantitative estimate of drug-likeness (QED) is 0.766. The Balaban J connectivity index is 2.32. The van der Waals surface area contributed by atoms with E-state index in [1.165, 1.54) is 11.1 Å². The van der Waals surface area contributed by atoms with Crippen molar-refractivity contribution in [2.75, 3.05) is 0 Å². The van der Waals surface area contributed by atoms with Crippen LogP contribution < -0.4 is 5.73 Å². The first-order chi connectivity index (χ1) is 7.24. The van der Waals surface area contributed by atoms with Crippen LogP contribution in [0.1, 0.15) is 51.7 Å². The van der Waals surface area contributed by atoms with Gasteiger partial charge >= 0.3 is 0 Å². The SMILES string of the molecule is CC(C)(C)c1cccc(C2C(N)C2(C)C)c1. The number of benzene rings is 1. The largest absolute Gasteiger partial charge is 0.327 e. The number of rotatable bonds is 1. The van der Waals surface area contributed by atoms with E-state index in [4.69, 9.17) is 5.73 Å². The summed E-state index contributed by atoms with van der Waals surface area (Å²) in [6.07, 6.45) is 0. The Morgan fingerprint density at radius 3 is 2.19 bits per heavy atom. The van der Waals surface area contributed by atoms with E-state index >= 15 is 0 Å². The molecule has 0 saturated heterocycles. The van der Waals surface area contributed by atoms with Crippen LogP contribution in [0, 0.1) is 5.41 Å². The van der Waals surface area contributed by atoms with Gasteiger partial charge in [-0.25, -0.2) is 0 Å². The number of hydrogen-bond acceptors (Lipinski definition) is 1. The smallest absolute Gasteiger partial charge is 0.0172 e. The van der Waals surface area contributed by atoms with Gasteiger partial charge < -0.3 is 5.73 Å². The molecule has 1 saturated carbocycles. The Morgan fingerprint density at radius 1 is 1.19 bits per heavy atom. The second-order valence-corrected chi connectivity index (χ2v) is 6.70. The highest BCUT2D eigenvalue weighted by Gasteiger charge is 2.56. The molecule has 0 radical (unpaired) electrons. The molecule has 1 fully saturated rings. The molecule has 0 aliphatic heterocycles. The molecular weight excluding hydrogens is 194 g/mol. The lowest BCUT2D eigenvalue weighted by atomic mass is 9.85. The summed E-state index contributed by atoms with van der Waals surface area (Å²) < 4.78 is 0. The van der Waals surface area contributed by atoms with E-state index in [0.29, 0.717) is 12.0 Å². The minimum absolute atomic E-state index is 0.221. The average Bonchev–Trinajstić information content (AvgIpc) is 2.65. The van der Waals surface area contributed by atoms with E-state index in [1.807, 2.05) is 0 Å². The van der Waals surface area contributed by atoms with Crippen LogP contribution in [-0.4, -0.2) is 6.04 Å². The molecule has 2 atom stereocenters. The maximum atomic E-state index is 6.14. The predicted octanol–water partition coefficient (Wildman–Crippen LogP) is 3.43. The fourth-order valence-electron chi connectivity index (χ4n) is 2.51. The molecule has 2 unspecified atom stereocenters. The van der Waals surface area contributed by atoms with Crippen molar-refractivity contribution in [2.45, 2.75) is 52.0 Å². The molecule has 1 aliphatic carbocycles. The van der Waals surface area contributed by atoms with Gasteiger partial charge in [0.15, 0.2) is 0 Å². The van der Waals surface area contributed by atoms with Crippen LogP contribution in [0.2, 0.25) is 0 Å². The molecule has 1 aromatic carbocycles. The normalized spacial score (nSPS) is 27.9. The van der Waals surface area contributed by atoms with E-state index in [9.17, 15) is 0 Å². The lowest BCUT2D eigenvalue weighted by Gasteiger charge is -2.20. The van der Waals surface area contributed by atoms with Gasteiger partial charge in [-0.1, -0.05) is 58.9 Å². The minimum Gasteiger partial charge on any atom is -0.327 e. The third-order valence-corrected chi connectivity index (χ3v) is 4.02. The molecule has 1 nitrogen and oxygen atoms in total. The van der Waals surface area contributed by atoms with E-state index in [0.717, 1.165) is 0 Å². The summed E-state index contributed by atoms with van der Waals surface area (Å²) in [4.78, 5) is 0. The van der Waals surface area contributed by atoms with Gasteiger partial charge in [0.2, 0.25) is 0 Å². The Labute approximate surface area is 99.0 Å². The topological polar surface area (TPSA) is 26.0 Å². The lowest BCUT2D eigenvalue weighted by Crippen LogP contribution is -2.11. The molecule has 0 amide bonds. The summed E-state index contributed by atoms with van der Waals surface area (Å²) >= 11 is 0. The molecule has 0 heterocycles. The van der Waals surface area contributed by atoms with Crippen LogP contribution in [0.25, 0.3) is 0 Å². The lowest BCUT2D eigenvalue weighted by molar-refractivity contribution is 0.584. The monoisotopic (exact) mass is 217 g/mol. The zero-order valence-corrected chi connectivity index (χ0v) is 11.0. The summed E-state index contributed by atoms with van der Waals surface area (Å²) in [6, 6.07) is 9.25. The second-order valence-electron chi connectivity index (χ2n) is 6.70. The third kappa shape index (κ3) is 1.78. The molecule has 0 spiro atoms. The van der Waals surface area contributed by atoms with Crippen molar-refractivity contribution in [3.05, 3.63) is 35.4 Å². The van der Waals surface area contributed by atoms with Gasteiger partial charge in [0, 0.05) is 12.0 Å². The van der Waals surface area contributed by atoms with E-state index in [-0.39, 0.29) is 10.8 Å². The second kappa shape index (κ2) is 3.33. The number of hydrogen-bond donors (Lipinski definition) is 1. The average molecular weight is 217 g/mol. The fourth-order valence-corrected chi connectivity index (χ4v) is 2.51. The van der Waals surface area contributed by atoms with Gasteiger partial charge in [-0.15, -0.1) is 0 Å². The standard InChI is InChI=1S/C15H23N/c1-14(2,3)11-8-6-7-10(9-11)12-13(16)15(12,4)5/h6-9,12-13H,16H2,1-5H3. The van der Waals surface area contributed by atoms with E-state index < -0.39 is 0 Å². The van der Waals surface area contributed by atoms with E-state index in [1.54, 1.807) is 0 Å². The Morgan fingerprint density at radius 2 is 1.75 bits per heavy atom. The molecule has 16 heavy (non-hydrogen) atoms. The Bertz CT molecular complexity index is 398. The Kier molecular flexibility index (Phi) is 2.43. The molecule has 1 heteroatoms. The summed E-state index contributed by atoms with van der Waals surface area (Å²) in [6.45, 7) is 11.3. The molecule has 88 valence electrons. The van der Waals surface area contributed by atoms with Crippen LogP contribution >= 0.6 is 0 Å². The van der Waals surface area contributed by atoms with Gasteiger partial charge in [-0.05, 0) is 22.0 Å². The summed E-state index contributed by atoms with van der Waals surface area (Å²) in [7, 11) is 0. The zero-order valence-electron chi connectivity index (χ0n) is 11.0. The van der Waals surface area contributed by atoms with Crippen LogP contribution in [0.5, 0.6) is 0 Å².